The van der Waals surface area contributed by atoms with Gasteiger partial charge in [0, 0.05) is 39.6 Å². The molecular formula is C15H21N3O2S. The van der Waals surface area contributed by atoms with Gasteiger partial charge in [-0.15, -0.1) is 11.3 Å². The fourth-order valence-corrected chi connectivity index (χ4v) is 3.72. The Bertz CT molecular complexity index is 650. The van der Waals surface area contributed by atoms with Gasteiger partial charge in [0.2, 0.25) is 0 Å². The molecule has 1 aromatic carbocycles. The normalized spacial score (nSPS) is 18.0. The molecule has 0 atom stereocenters. The molecule has 3 rings (SSSR count). The largest absolute Gasteiger partial charge is 0.397 e. The predicted octanol–water partition coefficient (Wildman–Crippen LogP) is 2.16. The van der Waals surface area contributed by atoms with E-state index < -0.39 is 5.60 Å². The topological polar surface area (TPSA) is 71.6 Å². The Morgan fingerprint density at radius 3 is 2.86 bits per heavy atom. The minimum absolute atomic E-state index is 0.551. The van der Waals surface area contributed by atoms with Gasteiger partial charge < -0.3 is 20.5 Å². The van der Waals surface area contributed by atoms with Crippen molar-refractivity contribution in [3.63, 3.8) is 0 Å². The molecule has 0 aliphatic carbocycles. The van der Waals surface area contributed by atoms with E-state index in [9.17, 15) is 5.11 Å². The van der Waals surface area contributed by atoms with Crippen molar-refractivity contribution in [2.75, 3.05) is 37.4 Å². The van der Waals surface area contributed by atoms with Crippen LogP contribution in [0.15, 0.2) is 12.1 Å². The molecule has 0 bridgehead atoms. The second-order valence-electron chi connectivity index (χ2n) is 5.80. The molecule has 1 aliphatic heterocycles. The van der Waals surface area contributed by atoms with Gasteiger partial charge in [-0.1, -0.05) is 0 Å². The number of fused-ring (bicyclic) bond motifs is 1. The van der Waals surface area contributed by atoms with Crippen molar-refractivity contribution in [3.05, 3.63) is 17.1 Å². The summed E-state index contributed by atoms with van der Waals surface area (Å²) >= 11 is 1.65. The number of thiazole rings is 1. The Kier molecular flexibility index (Phi) is 3.77. The first-order chi connectivity index (χ1) is 9.97. The summed E-state index contributed by atoms with van der Waals surface area (Å²) in [5, 5.41) is 11.7. The first kappa shape index (κ1) is 14.6. The maximum atomic E-state index is 10.6. The summed E-state index contributed by atoms with van der Waals surface area (Å²) in [5.74, 6) is 0. The standard InChI is InChI=1S/C15H21N3O2S/c1-10-17-12-8-13(11(16)7-14(12)21-10)18(2)9-15(19)3-5-20-6-4-15/h7-8,19H,3-6,9,16H2,1-2H3. The number of aryl methyl sites for hydroxylation is 1. The second-order valence-corrected chi connectivity index (χ2v) is 7.04. The molecule has 1 aliphatic rings. The van der Waals surface area contributed by atoms with Gasteiger partial charge in [-0.2, -0.15) is 0 Å². The molecule has 0 spiro atoms. The van der Waals surface area contributed by atoms with E-state index >= 15 is 0 Å². The quantitative estimate of drug-likeness (QED) is 0.850. The molecule has 1 fully saturated rings. The Labute approximate surface area is 128 Å². The minimum atomic E-state index is -0.702. The number of ether oxygens (including phenoxy) is 1. The first-order valence-electron chi connectivity index (χ1n) is 7.15. The van der Waals surface area contributed by atoms with Crippen LogP contribution in [0.2, 0.25) is 0 Å². The molecule has 0 radical (unpaired) electrons. The maximum absolute atomic E-state index is 10.6. The van der Waals surface area contributed by atoms with Crippen LogP contribution in [0, 0.1) is 6.92 Å². The average Bonchev–Trinajstić information content (AvgIpc) is 2.77. The van der Waals surface area contributed by atoms with E-state index in [1.165, 1.54) is 0 Å². The number of likely N-dealkylation sites (N-methyl/N-ethyl adjacent to an activating group) is 1. The van der Waals surface area contributed by atoms with Gasteiger partial charge in [-0.25, -0.2) is 4.98 Å². The Balaban J connectivity index is 1.86. The number of aliphatic hydroxyl groups is 1. The predicted molar refractivity (Wildman–Crippen MR) is 87.0 cm³/mol. The van der Waals surface area contributed by atoms with Crippen molar-refractivity contribution >= 4 is 32.9 Å². The Hall–Kier alpha value is -1.37. The summed E-state index contributed by atoms with van der Waals surface area (Å²) in [6.45, 7) is 3.78. The smallest absolute Gasteiger partial charge is 0.0907 e. The van der Waals surface area contributed by atoms with Gasteiger partial charge in [0.1, 0.15) is 0 Å². The van der Waals surface area contributed by atoms with Crippen LogP contribution in [0.4, 0.5) is 11.4 Å². The first-order valence-corrected chi connectivity index (χ1v) is 7.96. The number of nitrogens with two attached hydrogens (primary N) is 1. The molecule has 0 amide bonds. The highest BCUT2D eigenvalue weighted by atomic mass is 32.1. The molecule has 114 valence electrons. The lowest BCUT2D eigenvalue weighted by Gasteiger charge is -2.36. The van der Waals surface area contributed by atoms with E-state index in [4.69, 9.17) is 10.5 Å². The van der Waals surface area contributed by atoms with E-state index in [0.29, 0.717) is 32.6 Å². The van der Waals surface area contributed by atoms with Crippen LogP contribution in [0.25, 0.3) is 10.2 Å². The van der Waals surface area contributed by atoms with Crippen LogP contribution < -0.4 is 10.6 Å². The number of nitrogen functional groups attached to an aromatic ring is 1. The molecule has 5 nitrogen and oxygen atoms in total. The van der Waals surface area contributed by atoms with E-state index in [1.807, 2.05) is 31.0 Å². The van der Waals surface area contributed by atoms with Crippen LogP contribution in [0.5, 0.6) is 0 Å². The Morgan fingerprint density at radius 2 is 2.14 bits per heavy atom. The molecule has 1 saturated heterocycles. The summed E-state index contributed by atoms with van der Waals surface area (Å²) in [6, 6.07) is 3.98. The van der Waals surface area contributed by atoms with Gasteiger partial charge in [-0.3, -0.25) is 0 Å². The third kappa shape index (κ3) is 2.97. The highest BCUT2D eigenvalue weighted by Crippen LogP contribution is 2.33. The number of nitrogens with zero attached hydrogens (tertiary/aromatic N) is 2. The molecule has 2 aromatic rings. The van der Waals surface area contributed by atoms with Crippen molar-refractivity contribution in [1.29, 1.82) is 0 Å². The fraction of sp³-hybridized carbons (Fsp3) is 0.533. The van der Waals surface area contributed by atoms with Gasteiger partial charge in [0.25, 0.3) is 0 Å². The van der Waals surface area contributed by atoms with Crippen molar-refractivity contribution in [3.8, 4) is 0 Å². The summed E-state index contributed by atoms with van der Waals surface area (Å²) in [7, 11) is 1.96. The van der Waals surface area contributed by atoms with Gasteiger partial charge in [0.15, 0.2) is 0 Å². The molecule has 2 heterocycles. The highest BCUT2D eigenvalue weighted by Gasteiger charge is 2.31. The monoisotopic (exact) mass is 307 g/mol. The van der Waals surface area contributed by atoms with Crippen LogP contribution >= 0.6 is 11.3 Å². The van der Waals surface area contributed by atoms with Crippen LogP contribution in [-0.2, 0) is 4.74 Å². The maximum Gasteiger partial charge on any atom is 0.0907 e. The lowest BCUT2D eigenvalue weighted by Crippen LogP contribution is -2.45. The number of benzene rings is 1. The summed E-state index contributed by atoms with van der Waals surface area (Å²) in [5.41, 5.74) is 8.09. The van der Waals surface area contributed by atoms with E-state index in [1.54, 1.807) is 11.3 Å². The molecule has 1 aromatic heterocycles. The van der Waals surface area contributed by atoms with E-state index in [2.05, 4.69) is 4.98 Å². The number of hydrogen-bond donors (Lipinski definition) is 2. The van der Waals surface area contributed by atoms with Gasteiger partial charge in [0.05, 0.1) is 32.2 Å². The highest BCUT2D eigenvalue weighted by molar-refractivity contribution is 7.18. The zero-order chi connectivity index (χ0) is 15.0. The lowest BCUT2D eigenvalue weighted by atomic mass is 9.93. The van der Waals surface area contributed by atoms with Gasteiger partial charge >= 0.3 is 0 Å². The number of aromatic nitrogens is 1. The molecule has 6 heteroatoms. The van der Waals surface area contributed by atoms with E-state index in [-0.39, 0.29) is 0 Å². The molecule has 0 unspecified atom stereocenters. The summed E-state index contributed by atoms with van der Waals surface area (Å²) < 4.78 is 6.43. The van der Waals surface area contributed by atoms with E-state index in [0.717, 1.165) is 26.6 Å². The third-order valence-corrected chi connectivity index (χ3v) is 4.94. The second kappa shape index (κ2) is 5.44. The van der Waals surface area contributed by atoms with Crippen LogP contribution in [0.3, 0.4) is 0 Å². The van der Waals surface area contributed by atoms with Crippen molar-refractivity contribution in [1.82, 2.24) is 4.98 Å². The SMILES string of the molecule is Cc1nc2cc(N(C)CC3(O)CCOCC3)c(N)cc2s1. The van der Waals surface area contributed by atoms with Crippen molar-refractivity contribution in [2.24, 2.45) is 0 Å². The van der Waals surface area contributed by atoms with Crippen molar-refractivity contribution < 1.29 is 9.84 Å². The average molecular weight is 307 g/mol. The number of rotatable bonds is 3. The zero-order valence-electron chi connectivity index (χ0n) is 12.4. The zero-order valence-corrected chi connectivity index (χ0v) is 13.2. The molecule has 0 saturated carbocycles. The summed E-state index contributed by atoms with van der Waals surface area (Å²) in [6.07, 6.45) is 1.32. The van der Waals surface area contributed by atoms with Gasteiger partial charge in [-0.05, 0) is 19.1 Å². The minimum Gasteiger partial charge on any atom is -0.397 e. The number of hydrogen-bond acceptors (Lipinski definition) is 6. The molecule has 3 N–H and O–H groups in total. The van der Waals surface area contributed by atoms with Crippen LogP contribution in [-0.4, -0.2) is 42.5 Å². The number of anilines is 2. The fourth-order valence-electron chi connectivity index (χ4n) is 2.86. The molecule has 21 heavy (non-hydrogen) atoms. The summed E-state index contributed by atoms with van der Waals surface area (Å²) in [4.78, 5) is 6.54. The third-order valence-electron chi connectivity index (χ3n) is 4.01. The van der Waals surface area contributed by atoms with Crippen molar-refractivity contribution in [2.45, 2.75) is 25.4 Å². The molecular weight excluding hydrogens is 286 g/mol. The lowest BCUT2D eigenvalue weighted by molar-refractivity contribution is -0.0572. The Morgan fingerprint density at radius 1 is 1.43 bits per heavy atom. The van der Waals surface area contributed by atoms with Crippen LogP contribution in [0.1, 0.15) is 17.8 Å².